The van der Waals surface area contributed by atoms with Crippen LogP contribution in [-0.2, 0) is 14.8 Å². The lowest BCUT2D eigenvalue weighted by atomic mass is 10.3. The molecule has 1 saturated carbocycles. The average molecular weight is 285 g/mol. The molecule has 0 atom stereocenters. The third kappa shape index (κ3) is 3.24. The fourth-order valence-electron chi connectivity index (χ4n) is 1.90. The van der Waals surface area contributed by atoms with Gasteiger partial charge < -0.3 is 10.2 Å². The van der Waals surface area contributed by atoms with E-state index < -0.39 is 10.0 Å². The molecular formula is C12H19N3O3S. The fraction of sp³-hybridized carbons (Fsp3) is 0.500. The monoisotopic (exact) mass is 285 g/mol. The summed E-state index contributed by atoms with van der Waals surface area (Å²) >= 11 is 0. The van der Waals surface area contributed by atoms with Crippen LogP contribution >= 0.6 is 0 Å². The minimum absolute atomic E-state index is 0.118. The van der Waals surface area contributed by atoms with Crippen LogP contribution < -0.4 is 11.3 Å². The summed E-state index contributed by atoms with van der Waals surface area (Å²) in [4.78, 5) is 0.287. The maximum absolute atomic E-state index is 12.5. The van der Waals surface area contributed by atoms with E-state index in [1.165, 1.54) is 4.31 Å². The van der Waals surface area contributed by atoms with E-state index >= 15 is 0 Å². The number of benzene rings is 1. The Kier molecular flexibility index (Phi) is 4.41. The number of nitrogens with zero attached hydrogens (tertiary/aromatic N) is 1. The highest BCUT2D eigenvalue weighted by Gasteiger charge is 2.37. The Hall–Kier alpha value is -1.15. The van der Waals surface area contributed by atoms with Crippen molar-refractivity contribution in [2.45, 2.75) is 23.8 Å². The number of nitrogen functional groups attached to an aromatic ring is 1. The number of sulfonamides is 1. The van der Waals surface area contributed by atoms with Gasteiger partial charge in [-0.2, -0.15) is 4.31 Å². The number of hydrogen-bond donors (Lipinski definition) is 2. The number of ether oxygens (including phenoxy) is 1. The van der Waals surface area contributed by atoms with Crippen molar-refractivity contribution in [2.24, 2.45) is 5.84 Å². The van der Waals surface area contributed by atoms with Gasteiger partial charge in [-0.1, -0.05) is 0 Å². The highest BCUT2D eigenvalue weighted by molar-refractivity contribution is 7.89. The molecule has 0 saturated heterocycles. The van der Waals surface area contributed by atoms with Crippen molar-refractivity contribution in [1.29, 1.82) is 0 Å². The fourth-order valence-corrected chi connectivity index (χ4v) is 3.57. The third-order valence-electron chi connectivity index (χ3n) is 3.10. The van der Waals surface area contributed by atoms with Crippen LogP contribution in [0.3, 0.4) is 0 Å². The molecule has 2 rings (SSSR count). The van der Waals surface area contributed by atoms with Gasteiger partial charge in [0.05, 0.1) is 11.5 Å². The molecular weight excluding hydrogens is 266 g/mol. The molecule has 1 aliphatic rings. The van der Waals surface area contributed by atoms with Crippen molar-refractivity contribution in [3.05, 3.63) is 24.3 Å². The number of anilines is 1. The van der Waals surface area contributed by atoms with Gasteiger partial charge in [-0.25, -0.2) is 8.42 Å². The smallest absolute Gasteiger partial charge is 0.243 e. The summed E-state index contributed by atoms with van der Waals surface area (Å²) in [5.41, 5.74) is 3.15. The maximum Gasteiger partial charge on any atom is 0.243 e. The highest BCUT2D eigenvalue weighted by Crippen LogP contribution is 2.32. The molecule has 0 amide bonds. The predicted molar refractivity (Wildman–Crippen MR) is 73.0 cm³/mol. The molecule has 0 radical (unpaired) electrons. The number of nitrogens with two attached hydrogens (primary N) is 1. The van der Waals surface area contributed by atoms with Crippen molar-refractivity contribution in [3.8, 4) is 0 Å². The zero-order chi connectivity index (χ0) is 13.9. The zero-order valence-electron chi connectivity index (χ0n) is 10.9. The largest absolute Gasteiger partial charge is 0.383 e. The van der Waals surface area contributed by atoms with E-state index in [9.17, 15) is 8.42 Å². The zero-order valence-corrected chi connectivity index (χ0v) is 11.7. The number of hydrogen-bond acceptors (Lipinski definition) is 5. The van der Waals surface area contributed by atoms with E-state index in [1.54, 1.807) is 31.4 Å². The van der Waals surface area contributed by atoms with Gasteiger partial charge >= 0.3 is 0 Å². The Bertz CT molecular complexity index is 512. The lowest BCUT2D eigenvalue weighted by Crippen LogP contribution is -2.35. The molecule has 19 heavy (non-hydrogen) atoms. The van der Waals surface area contributed by atoms with Crippen LogP contribution in [0.15, 0.2) is 29.2 Å². The Morgan fingerprint density at radius 2 is 2.00 bits per heavy atom. The Balaban J connectivity index is 2.22. The predicted octanol–water partition coefficient (Wildman–Crippen LogP) is 0.772. The third-order valence-corrected chi connectivity index (χ3v) is 5.06. The van der Waals surface area contributed by atoms with Gasteiger partial charge in [-0.05, 0) is 37.1 Å². The molecule has 7 heteroatoms. The molecule has 0 bridgehead atoms. The lowest BCUT2D eigenvalue weighted by molar-refractivity contribution is 0.177. The van der Waals surface area contributed by atoms with Crippen LogP contribution in [0.2, 0.25) is 0 Å². The van der Waals surface area contributed by atoms with E-state index in [1.807, 2.05) is 0 Å². The van der Waals surface area contributed by atoms with Gasteiger partial charge in [0, 0.05) is 25.4 Å². The lowest BCUT2D eigenvalue weighted by Gasteiger charge is -2.21. The van der Waals surface area contributed by atoms with Gasteiger partial charge in [-0.3, -0.25) is 5.84 Å². The van der Waals surface area contributed by atoms with Gasteiger partial charge in [-0.15, -0.1) is 0 Å². The second-order valence-electron chi connectivity index (χ2n) is 4.51. The summed E-state index contributed by atoms with van der Waals surface area (Å²) < 4.78 is 31.6. The second kappa shape index (κ2) is 5.87. The number of nitrogens with one attached hydrogen (secondary N) is 1. The summed E-state index contributed by atoms with van der Waals surface area (Å²) in [5.74, 6) is 5.27. The van der Waals surface area contributed by atoms with Crippen LogP contribution in [0, 0.1) is 0 Å². The summed E-state index contributed by atoms with van der Waals surface area (Å²) in [5, 5.41) is 0. The normalized spacial score (nSPS) is 15.7. The van der Waals surface area contributed by atoms with Crippen LogP contribution in [0.1, 0.15) is 12.8 Å². The van der Waals surface area contributed by atoms with E-state index in [-0.39, 0.29) is 10.9 Å². The van der Waals surface area contributed by atoms with E-state index in [0.29, 0.717) is 18.8 Å². The molecule has 0 heterocycles. The van der Waals surface area contributed by atoms with Crippen molar-refractivity contribution in [3.63, 3.8) is 0 Å². The molecule has 1 aliphatic carbocycles. The van der Waals surface area contributed by atoms with Crippen molar-refractivity contribution in [2.75, 3.05) is 25.7 Å². The summed E-state index contributed by atoms with van der Waals surface area (Å²) in [6.45, 7) is 0.790. The van der Waals surface area contributed by atoms with E-state index in [2.05, 4.69) is 5.43 Å². The van der Waals surface area contributed by atoms with Crippen LogP contribution in [0.5, 0.6) is 0 Å². The molecule has 3 N–H and O–H groups in total. The SMILES string of the molecule is COCCN(C1CC1)S(=O)(=O)c1ccc(NN)cc1. The minimum Gasteiger partial charge on any atom is -0.383 e. The van der Waals surface area contributed by atoms with Crippen LogP contribution in [0.4, 0.5) is 5.69 Å². The highest BCUT2D eigenvalue weighted by atomic mass is 32.2. The quantitative estimate of drug-likeness (QED) is 0.571. The topological polar surface area (TPSA) is 84.7 Å². The molecule has 1 aromatic carbocycles. The molecule has 6 nitrogen and oxygen atoms in total. The van der Waals surface area contributed by atoms with Crippen LogP contribution in [-0.4, -0.2) is 39.0 Å². The van der Waals surface area contributed by atoms with Gasteiger partial charge in [0.1, 0.15) is 0 Å². The Labute approximate surface area is 113 Å². The maximum atomic E-state index is 12.5. The molecule has 0 unspecified atom stereocenters. The first-order chi connectivity index (χ1) is 9.09. The van der Waals surface area contributed by atoms with Gasteiger partial charge in [0.15, 0.2) is 0 Å². The summed E-state index contributed by atoms with van der Waals surface area (Å²) in [6, 6.07) is 6.54. The number of methoxy groups -OCH3 is 1. The summed E-state index contributed by atoms with van der Waals surface area (Å²) in [6.07, 6.45) is 1.84. The van der Waals surface area contributed by atoms with E-state index in [4.69, 9.17) is 10.6 Å². The molecule has 106 valence electrons. The minimum atomic E-state index is -3.45. The molecule has 1 aromatic rings. The summed E-state index contributed by atoms with van der Waals surface area (Å²) in [7, 11) is -1.88. The first-order valence-corrected chi connectivity index (χ1v) is 7.61. The first-order valence-electron chi connectivity index (χ1n) is 6.17. The molecule has 0 spiro atoms. The first kappa shape index (κ1) is 14.3. The van der Waals surface area contributed by atoms with Crippen molar-refractivity contribution >= 4 is 15.7 Å². The van der Waals surface area contributed by atoms with Gasteiger partial charge in [0.2, 0.25) is 10.0 Å². The van der Waals surface area contributed by atoms with E-state index in [0.717, 1.165) is 12.8 Å². The Morgan fingerprint density at radius 3 is 2.47 bits per heavy atom. The standard InChI is InChI=1S/C12H19N3O3S/c1-18-9-8-15(11-4-5-11)19(16,17)12-6-2-10(14-13)3-7-12/h2-3,6-7,11,14H,4-5,8-9,13H2,1H3. The van der Waals surface area contributed by atoms with Gasteiger partial charge in [0.25, 0.3) is 0 Å². The average Bonchev–Trinajstić information content (AvgIpc) is 3.23. The van der Waals surface area contributed by atoms with Crippen molar-refractivity contribution < 1.29 is 13.2 Å². The molecule has 0 aliphatic heterocycles. The number of hydrazine groups is 1. The second-order valence-corrected chi connectivity index (χ2v) is 6.40. The van der Waals surface area contributed by atoms with Crippen molar-refractivity contribution in [1.82, 2.24) is 4.31 Å². The number of rotatable bonds is 7. The molecule has 1 fully saturated rings. The van der Waals surface area contributed by atoms with Crippen LogP contribution in [0.25, 0.3) is 0 Å². The Morgan fingerprint density at radius 1 is 1.37 bits per heavy atom. The molecule has 0 aromatic heterocycles.